The van der Waals surface area contributed by atoms with Crippen molar-refractivity contribution in [3.05, 3.63) is 59.7 Å². The summed E-state index contributed by atoms with van der Waals surface area (Å²) in [5.41, 5.74) is 4.47. The van der Waals surface area contributed by atoms with E-state index < -0.39 is 0 Å². The molecule has 0 bridgehead atoms. The van der Waals surface area contributed by atoms with Crippen LogP contribution in [0.2, 0.25) is 0 Å². The zero-order valence-electron chi connectivity index (χ0n) is 16.7. The van der Waals surface area contributed by atoms with Gasteiger partial charge in [-0.1, -0.05) is 30.3 Å². The highest BCUT2D eigenvalue weighted by atomic mass is 16.5. The number of benzene rings is 2. The van der Waals surface area contributed by atoms with Crippen LogP contribution in [0, 0.1) is 0 Å². The molecule has 29 heavy (non-hydrogen) atoms. The zero-order chi connectivity index (χ0) is 20.3. The average molecular weight is 397 g/mol. The number of nitrogens with one attached hydrogen (secondary N) is 1. The molecule has 154 valence electrons. The van der Waals surface area contributed by atoms with Crippen LogP contribution in [0.1, 0.15) is 18.1 Å². The third-order valence-electron chi connectivity index (χ3n) is 4.38. The van der Waals surface area contributed by atoms with E-state index >= 15 is 0 Å². The fourth-order valence-electron chi connectivity index (χ4n) is 2.90. The predicted molar refractivity (Wildman–Crippen MR) is 111 cm³/mol. The lowest BCUT2D eigenvalue weighted by molar-refractivity contribution is -0.123. The zero-order valence-corrected chi connectivity index (χ0v) is 16.7. The average Bonchev–Trinajstić information content (AvgIpc) is 2.75. The minimum atomic E-state index is -0.143. The smallest absolute Gasteiger partial charge is 0.254 e. The summed E-state index contributed by atoms with van der Waals surface area (Å²) in [5.74, 6) is 1.17. The lowest BCUT2D eigenvalue weighted by atomic mass is 10.2. The number of nitrogens with zero attached hydrogens (tertiary/aromatic N) is 2. The summed E-state index contributed by atoms with van der Waals surface area (Å²) in [5, 5.41) is 4.05. The van der Waals surface area contributed by atoms with Crippen molar-refractivity contribution >= 4 is 12.1 Å². The van der Waals surface area contributed by atoms with Crippen LogP contribution in [0.25, 0.3) is 0 Å². The second-order valence-corrected chi connectivity index (χ2v) is 6.60. The van der Waals surface area contributed by atoms with Gasteiger partial charge in [0.1, 0.15) is 6.61 Å². The van der Waals surface area contributed by atoms with Crippen molar-refractivity contribution in [3.63, 3.8) is 0 Å². The van der Waals surface area contributed by atoms with Gasteiger partial charge in [0.25, 0.3) is 5.91 Å². The van der Waals surface area contributed by atoms with Gasteiger partial charge in [-0.05, 0) is 36.2 Å². The molecule has 0 saturated carbocycles. The number of morpholine rings is 1. The quantitative estimate of drug-likeness (QED) is 0.520. The number of carbonyl (C=O) groups is 1. The van der Waals surface area contributed by atoms with E-state index in [0.29, 0.717) is 44.5 Å². The maximum Gasteiger partial charge on any atom is 0.254 e. The Bertz CT molecular complexity index is 805. The van der Waals surface area contributed by atoms with Crippen LogP contribution < -0.4 is 14.9 Å². The van der Waals surface area contributed by atoms with Crippen molar-refractivity contribution in [2.75, 3.05) is 39.5 Å². The molecule has 1 fully saturated rings. The molecule has 0 radical (unpaired) electrons. The van der Waals surface area contributed by atoms with Gasteiger partial charge >= 0.3 is 0 Å². The van der Waals surface area contributed by atoms with Gasteiger partial charge < -0.3 is 14.2 Å². The summed E-state index contributed by atoms with van der Waals surface area (Å²) >= 11 is 0. The molecule has 2 aromatic rings. The molecule has 7 nitrogen and oxygen atoms in total. The van der Waals surface area contributed by atoms with Crippen molar-refractivity contribution in [3.8, 4) is 11.5 Å². The Morgan fingerprint density at radius 2 is 1.93 bits per heavy atom. The molecule has 1 amide bonds. The van der Waals surface area contributed by atoms with E-state index in [4.69, 9.17) is 14.2 Å². The Hall–Kier alpha value is -2.90. The van der Waals surface area contributed by atoms with E-state index in [1.807, 2.05) is 60.4 Å². The first-order valence-corrected chi connectivity index (χ1v) is 9.80. The number of amides is 1. The first-order valence-electron chi connectivity index (χ1n) is 9.80. The van der Waals surface area contributed by atoms with Crippen molar-refractivity contribution in [1.82, 2.24) is 10.3 Å². The highest BCUT2D eigenvalue weighted by molar-refractivity contribution is 5.83. The molecule has 1 aliphatic heterocycles. The fourth-order valence-corrected chi connectivity index (χ4v) is 2.90. The summed E-state index contributed by atoms with van der Waals surface area (Å²) in [6.07, 6.45) is 1.60. The van der Waals surface area contributed by atoms with Gasteiger partial charge in [-0.25, -0.2) is 5.43 Å². The summed E-state index contributed by atoms with van der Waals surface area (Å²) in [4.78, 5) is 14.0. The van der Waals surface area contributed by atoms with Crippen molar-refractivity contribution in [1.29, 1.82) is 0 Å². The first kappa shape index (κ1) is 20.8. The maximum absolute atomic E-state index is 12.0. The van der Waals surface area contributed by atoms with Crippen molar-refractivity contribution < 1.29 is 19.0 Å². The first-order chi connectivity index (χ1) is 14.2. The Kier molecular flexibility index (Phi) is 8.03. The van der Waals surface area contributed by atoms with Gasteiger partial charge in [0, 0.05) is 13.1 Å². The summed E-state index contributed by atoms with van der Waals surface area (Å²) in [6, 6.07) is 15.5. The molecule has 3 rings (SSSR count). The van der Waals surface area contributed by atoms with E-state index in [0.717, 1.165) is 24.2 Å². The summed E-state index contributed by atoms with van der Waals surface area (Å²) in [7, 11) is 0. The molecule has 1 N–H and O–H groups in total. The van der Waals surface area contributed by atoms with Crippen LogP contribution in [-0.2, 0) is 16.1 Å². The standard InChI is InChI=1S/C22H27N3O4/c1-2-28-21-14-19(8-9-20(21)29-17-18-6-4-3-5-7-18)15-23-24-22(26)16-25-10-12-27-13-11-25/h3-9,14-15H,2,10-13,16-17H2,1H3,(H,24,26)/b23-15-. The van der Waals surface area contributed by atoms with E-state index in [9.17, 15) is 4.79 Å². The lowest BCUT2D eigenvalue weighted by Gasteiger charge is -2.25. The van der Waals surface area contributed by atoms with Gasteiger partial charge in [0.05, 0.1) is 32.6 Å². The Morgan fingerprint density at radius 3 is 2.69 bits per heavy atom. The molecular formula is C22H27N3O4. The minimum absolute atomic E-state index is 0.143. The monoisotopic (exact) mass is 397 g/mol. The molecule has 1 heterocycles. The van der Waals surface area contributed by atoms with Crippen molar-refractivity contribution in [2.24, 2.45) is 5.10 Å². The molecule has 0 spiro atoms. The number of hydrogen-bond acceptors (Lipinski definition) is 6. The molecule has 0 atom stereocenters. The number of rotatable bonds is 9. The molecule has 7 heteroatoms. The van der Waals surface area contributed by atoms with Gasteiger partial charge in [-0.3, -0.25) is 9.69 Å². The highest BCUT2D eigenvalue weighted by Gasteiger charge is 2.13. The van der Waals surface area contributed by atoms with Crippen LogP contribution in [0.5, 0.6) is 11.5 Å². The molecule has 1 saturated heterocycles. The second kappa shape index (κ2) is 11.2. The van der Waals surface area contributed by atoms with E-state index in [-0.39, 0.29) is 5.91 Å². The molecule has 0 aromatic heterocycles. The van der Waals surface area contributed by atoms with Gasteiger partial charge in [-0.2, -0.15) is 5.10 Å². The Morgan fingerprint density at radius 1 is 1.14 bits per heavy atom. The molecule has 2 aromatic carbocycles. The van der Waals surface area contributed by atoms with E-state index in [1.165, 1.54) is 0 Å². The number of hydrazone groups is 1. The summed E-state index contributed by atoms with van der Waals surface area (Å²) < 4.78 is 16.9. The Labute approximate surface area is 171 Å². The van der Waals surface area contributed by atoms with Crippen LogP contribution >= 0.6 is 0 Å². The predicted octanol–water partition coefficient (Wildman–Crippen LogP) is 2.45. The van der Waals surface area contributed by atoms with Crippen LogP contribution in [0.3, 0.4) is 0 Å². The van der Waals surface area contributed by atoms with Crippen LogP contribution in [0.15, 0.2) is 53.6 Å². The third kappa shape index (κ3) is 6.89. The van der Waals surface area contributed by atoms with Crippen molar-refractivity contribution in [2.45, 2.75) is 13.5 Å². The second-order valence-electron chi connectivity index (χ2n) is 6.60. The Balaban J connectivity index is 1.55. The maximum atomic E-state index is 12.0. The molecular weight excluding hydrogens is 370 g/mol. The number of ether oxygens (including phenoxy) is 3. The lowest BCUT2D eigenvalue weighted by Crippen LogP contribution is -2.42. The normalized spacial score (nSPS) is 14.7. The van der Waals surface area contributed by atoms with E-state index in [2.05, 4.69) is 10.5 Å². The minimum Gasteiger partial charge on any atom is -0.490 e. The molecule has 1 aliphatic rings. The van der Waals surface area contributed by atoms with Crippen LogP contribution in [0.4, 0.5) is 0 Å². The van der Waals surface area contributed by atoms with Gasteiger partial charge in [-0.15, -0.1) is 0 Å². The fraction of sp³-hybridized carbons (Fsp3) is 0.364. The van der Waals surface area contributed by atoms with Gasteiger partial charge in [0.15, 0.2) is 11.5 Å². The molecule has 0 unspecified atom stereocenters. The SMILES string of the molecule is CCOc1cc(/C=N\NC(=O)CN2CCOCC2)ccc1OCc1ccccc1. The van der Waals surface area contributed by atoms with Crippen LogP contribution in [-0.4, -0.2) is 56.5 Å². The third-order valence-corrected chi connectivity index (χ3v) is 4.38. The van der Waals surface area contributed by atoms with E-state index in [1.54, 1.807) is 6.21 Å². The number of hydrogen-bond donors (Lipinski definition) is 1. The largest absolute Gasteiger partial charge is 0.490 e. The molecule has 0 aliphatic carbocycles. The van der Waals surface area contributed by atoms with Gasteiger partial charge in [0.2, 0.25) is 0 Å². The number of carbonyl (C=O) groups excluding carboxylic acids is 1. The topological polar surface area (TPSA) is 72.4 Å². The summed E-state index contributed by atoms with van der Waals surface area (Å²) in [6.45, 7) is 6.08. The highest BCUT2D eigenvalue weighted by Crippen LogP contribution is 2.28.